The molecule has 2 aromatic heterocycles. The van der Waals surface area contributed by atoms with E-state index in [0.717, 1.165) is 39.0 Å². The molecule has 1 aliphatic heterocycles. The summed E-state index contributed by atoms with van der Waals surface area (Å²) in [5.74, 6) is 0.539. The molecule has 118 valence electrons. The molecule has 22 heavy (non-hydrogen) atoms. The van der Waals surface area contributed by atoms with Crippen LogP contribution < -0.4 is 5.32 Å². The summed E-state index contributed by atoms with van der Waals surface area (Å²) in [5.41, 5.74) is 2.12. The number of carbonyl (C=O) groups excluding carboxylic acids is 1. The van der Waals surface area contributed by atoms with Crippen molar-refractivity contribution in [2.45, 2.75) is 26.3 Å². The molecule has 7 heteroatoms. The quantitative estimate of drug-likeness (QED) is 0.912. The van der Waals surface area contributed by atoms with Crippen molar-refractivity contribution in [3.05, 3.63) is 33.0 Å². The minimum atomic E-state index is -0.0341. The second kappa shape index (κ2) is 7.30. The van der Waals surface area contributed by atoms with E-state index in [1.165, 1.54) is 17.1 Å². The molecule has 1 amide bonds. The number of aryl methyl sites for hydroxylation is 1. The van der Waals surface area contributed by atoms with E-state index < -0.39 is 0 Å². The van der Waals surface area contributed by atoms with Gasteiger partial charge < -0.3 is 5.32 Å². The first-order valence-electron chi connectivity index (χ1n) is 7.53. The molecule has 2 aromatic rings. The predicted molar refractivity (Wildman–Crippen MR) is 89.3 cm³/mol. The fourth-order valence-corrected chi connectivity index (χ4v) is 3.98. The summed E-state index contributed by atoms with van der Waals surface area (Å²) in [6, 6.07) is 2.20. The van der Waals surface area contributed by atoms with Gasteiger partial charge in [-0.25, -0.2) is 0 Å². The smallest absolute Gasteiger partial charge is 0.264 e. The third-order valence-corrected chi connectivity index (χ3v) is 5.66. The van der Waals surface area contributed by atoms with Gasteiger partial charge in [0.25, 0.3) is 5.91 Å². The van der Waals surface area contributed by atoms with Gasteiger partial charge in [-0.3, -0.25) is 9.69 Å². The third kappa shape index (κ3) is 3.91. The zero-order valence-corrected chi connectivity index (χ0v) is 14.3. The van der Waals surface area contributed by atoms with E-state index in [1.807, 2.05) is 6.92 Å². The maximum Gasteiger partial charge on any atom is 0.264 e. The number of piperidine rings is 1. The topological polar surface area (TPSA) is 58.1 Å². The van der Waals surface area contributed by atoms with Gasteiger partial charge in [0.05, 0.1) is 5.69 Å². The predicted octanol–water partition coefficient (Wildman–Crippen LogP) is 2.55. The van der Waals surface area contributed by atoms with E-state index in [2.05, 4.69) is 36.6 Å². The zero-order valence-electron chi connectivity index (χ0n) is 12.6. The summed E-state index contributed by atoms with van der Waals surface area (Å²) >= 11 is 2.92. The Morgan fingerprint density at radius 2 is 2.27 bits per heavy atom. The number of carbonyl (C=O) groups is 1. The number of likely N-dealkylation sites (tertiary alicyclic amines) is 1. The van der Waals surface area contributed by atoms with Crippen LogP contribution >= 0.6 is 22.9 Å². The highest BCUT2D eigenvalue weighted by Crippen LogP contribution is 2.19. The lowest BCUT2D eigenvalue weighted by atomic mass is 9.96. The van der Waals surface area contributed by atoms with Gasteiger partial charge >= 0.3 is 0 Å². The van der Waals surface area contributed by atoms with Gasteiger partial charge in [0.15, 0.2) is 0 Å². The van der Waals surface area contributed by atoms with Crippen molar-refractivity contribution in [2.24, 2.45) is 5.92 Å². The van der Waals surface area contributed by atoms with E-state index >= 15 is 0 Å². The number of nitrogens with zero attached hydrogens (tertiary/aromatic N) is 3. The molecule has 0 aromatic carbocycles. The standard InChI is InChI=1S/C15H20N4OS2/c1-11-14(22-18-17-11)15(20)16-8-12-2-5-19(6-3-12)9-13-4-7-21-10-13/h4,7,10,12H,2-3,5-6,8-9H2,1H3,(H,16,20). The molecule has 0 radical (unpaired) electrons. The number of hydrogen-bond acceptors (Lipinski definition) is 6. The van der Waals surface area contributed by atoms with Crippen LogP contribution in [0.2, 0.25) is 0 Å². The van der Waals surface area contributed by atoms with Crippen LogP contribution in [0.5, 0.6) is 0 Å². The second-order valence-electron chi connectivity index (χ2n) is 5.75. The highest BCUT2D eigenvalue weighted by atomic mass is 32.1. The molecule has 5 nitrogen and oxygen atoms in total. The Kier molecular flexibility index (Phi) is 5.17. The van der Waals surface area contributed by atoms with E-state index in [0.29, 0.717) is 16.5 Å². The number of amides is 1. The molecule has 0 saturated carbocycles. The lowest BCUT2D eigenvalue weighted by Gasteiger charge is -2.31. The number of aromatic nitrogens is 2. The number of rotatable bonds is 5. The molecule has 0 unspecified atom stereocenters. The van der Waals surface area contributed by atoms with Crippen LogP contribution in [0.25, 0.3) is 0 Å². The second-order valence-corrected chi connectivity index (χ2v) is 7.28. The highest BCUT2D eigenvalue weighted by Gasteiger charge is 2.21. The van der Waals surface area contributed by atoms with Crippen LogP contribution in [0, 0.1) is 12.8 Å². The van der Waals surface area contributed by atoms with Gasteiger partial charge in [0.1, 0.15) is 4.88 Å². The van der Waals surface area contributed by atoms with Crippen LogP contribution in [0.4, 0.5) is 0 Å². The van der Waals surface area contributed by atoms with Gasteiger partial charge in [0, 0.05) is 13.1 Å². The molecule has 1 aliphatic rings. The van der Waals surface area contributed by atoms with Crippen molar-refractivity contribution in [1.82, 2.24) is 19.8 Å². The molecule has 3 rings (SSSR count). The summed E-state index contributed by atoms with van der Waals surface area (Å²) in [5, 5.41) is 11.3. The monoisotopic (exact) mass is 336 g/mol. The van der Waals surface area contributed by atoms with Gasteiger partial charge in [-0.2, -0.15) is 11.3 Å². The SMILES string of the molecule is Cc1nnsc1C(=O)NCC1CCN(Cc2ccsc2)CC1. The van der Waals surface area contributed by atoms with Crippen LogP contribution in [0.3, 0.4) is 0 Å². The minimum absolute atomic E-state index is 0.0341. The first kappa shape index (κ1) is 15.6. The van der Waals surface area contributed by atoms with Crippen molar-refractivity contribution in [1.29, 1.82) is 0 Å². The Balaban J connectivity index is 1.40. The lowest BCUT2D eigenvalue weighted by Crippen LogP contribution is -2.38. The van der Waals surface area contributed by atoms with Crippen LogP contribution in [0.1, 0.15) is 33.8 Å². The molecule has 1 saturated heterocycles. The van der Waals surface area contributed by atoms with Crippen molar-refractivity contribution in [3.63, 3.8) is 0 Å². The van der Waals surface area contributed by atoms with Crippen molar-refractivity contribution >= 4 is 28.8 Å². The highest BCUT2D eigenvalue weighted by molar-refractivity contribution is 7.08. The zero-order chi connectivity index (χ0) is 15.4. The summed E-state index contributed by atoms with van der Waals surface area (Å²) in [7, 11) is 0. The summed E-state index contributed by atoms with van der Waals surface area (Å²) in [4.78, 5) is 15.2. The van der Waals surface area contributed by atoms with Crippen molar-refractivity contribution in [3.8, 4) is 0 Å². The molecule has 0 atom stereocenters. The minimum Gasteiger partial charge on any atom is -0.351 e. The van der Waals surface area contributed by atoms with Crippen LogP contribution in [-0.2, 0) is 6.54 Å². The molecular formula is C15H20N4OS2. The van der Waals surface area contributed by atoms with E-state index in [1.54, 1.807) is 11.3 Å². The maximum atomic E-state index is 12.1. The van der Waals surface area contributed by atoms with E-state index in [-0.39, 0.29) is 5.91 Å². The van der Waals surface area contributed by atoms with Gasteiger partial charge in [-0.15, -0.1) is 5.10 Å². The normalized spacial score (nSPS) is 16.8. The summed E-state index contributed by atoms with van der Waals surface area (Å²) in [6.45, 7) is 5.84. The average molecular weight is 336 g/mol. The van der Waals surface area contributed by atoms with Crippen LogP contribution in [-0.4, -0.2) is 40.0 Å². The molecule has 1 fully saturated rings. The Bertz CT molecular complexity index is 603. The Morgan fingerprint density at radius 3 is 2.91 bits per heavy atom. The van der Waals surface area contributed by atoms with Crippen molar-refractivity contribution in [2.75, 3.05) is 19.6 Å². The lowest BCUT2D eigenvalue weighted by molar-refractivity contribution is 0.0938. The molecule has 0 spiro atoms. The number of thiophene rings is 1. The third-order valence-electron chi connectivity index (χ3n) is 4.10. The maximum absolute atomic E-state index is 12.1. The largest absolute Gasteiger partial charge is 0.351 e. The fourth-order valence-electron chi connectivity index (χ4n) is 2.75. The van der Waals surface area contributed by atoms with Crippen LogP contribution in [0.15, 0.2) is 16.8 Å². The molecule has 1 N–H and O–H groups in total. The molecule has 3 heterocycles. The Hall–Kier alpha value is -1.31. The van der Waals surface area contributed by atoms with Crippen molar-refractivity contribution < 1.29 is 4.79 Å². The Labute approximate surface area is 138 Å². The summed E-state index contributed by atoms with van der Waals surface area (Å²) < 4.78 is 3.81. The first-order valence-corrected chi connectivity index (χ1v) is 9.24. The fraction of sp³-hybridized carbons (Fsp3) is 0.533. The van der Waals surface area contributed by atoms with E-state index in [4.69, 9.17) is 0 Å². The van der Waals surface area contributed by atoms with Gasteiger partial charge in [-0.05, 0) is 72.7 Å². The molecule has 0 aliphatic carbocycles. The van der Waals surface area contributed by atoms with E-state index in [9.17, 15) is 4.79 Å². The average Bonchev–Trinajstić information content (AvgIpc) is 3.18. The summed E-state index contributed by atoms with van der Waals surface area (Å²) in [6.07, 6.45) is 2.29. The van der Waals surface area contributed by atoms with Gasteiger partial charge in [-0.1, -0.05) is 4.49 Å². The number of nitrogens with one attached hydrogen (secondary N) is 1. The molecule has 0 bridgehead atoms. The van der Waals surface area contributed by atoms with Gasteiger partial charge in [0.2, 0.25) is 0 Å². The Morgan fingerprint density at radius 1 is 1.45 bits per heavy atom. The first-order chi connectivity index (χ1) is 10.7. The molecular weight excluding hydrogens is 316 g/mol. The number of hydrogen-bond donors (Lipinski definition) is 1.